The minimum atomic E-state index is -0.523. The number of hydrogen-bond acceptors (Lipinski definition) is 2. The SMILES string of the molecule is CCCC(C)(O)CCC(C)(C)OC. The second-order valence-corrected chi connectivity index (χ2v) is 4.71. The van der Waals surface area contributed by atoms with Gasteiger partial charge in [-0.1, -0.05) is 13.3 Å². The average Bonchev–Trinajstić information content (AvgIpc) is 2.02. The summed E-state index contributed by atoms with van der Waals surface area (Å²) in [6.07, 6.45) is 3.60. The van der Waals surface area contributed by atoms with Crippen LogP contribution in [0.3, 0.4) is 0 Å². The molecule has 0 fully saturated rings. The van der Waals surface area contributed by atoms with Crippen LogP contribution in [0.15, 0.2) is 0 Å². The highest BCUT2D eigenvalue weighted by Gasteiger charge is 2.24. The molecule has 0 bridgehead atoms. The average molecular weight is 188 g/mol. The first-order valence-corrected chi connectivity index (χ1v) is 5.10. The van der Waals surface area contributed by atoms with Crippen molar-refractivity contribution in [3.63, 3.8) is 0 Å². The lowest BCUT2D eigenvalue weighted by Crippen LogP contribution is -2.30. The fourth-order valence-electron chi connectivity index (χ4n) is 1.34. The van der Waals surface area contributed by atoms with Crippen LogP contribution in [-0.4, -0.2) is 23.4 Å². The zero-order valence-electron chi connectivity index (χ0n) is 9.68. The number of rotatable bonds is 6. The smallest absolute Gasteiger partial charge is 0.0623 e. The highest BCUT2D eigenvalue weighted by Crippen LogP contribution is 2.24. The van der Waals surface area contributed by atoms with Gasteiger partial charge in [-0.2, -0.15) is 0 Å². The zero-order valence-corrected chi connectivity index (χ0v) is 9.68. The lowest BCUT2D eigenvalue weighted by molar-refractivity contribution is -0.0222. The van der Waals surface area contributed by atoms with Gasteiger partial charge in [0.1, 0.15) is 0 Å². The normalized spacial score (nSPS) is 17.1. The lowest BCUT2D eigenvalue weighted by Gasteiger charge is -2.29. The number of aliphatic hydroxyl groups is 1. The van der Waals surface area contributed by atoms with Crippen molar-refractivity contribution in [1.29, 1.82) is 0 Å². The topological polar surface area (TPSA) is 29.5 Å². The molecule has 2 nitrogen and oxygen atoms in total. The van der Waals surface area contributed by atoms with E-state index in [1.54, 1.807) is 7.11 Å². The van der Waals surface area contributed by atoms with Crippen LogP contribution >= 0.6 is 0 Å². The second-order valence-electron chi connectivity index (χ2n) is 4.71. The fraction of sp³-hybridized carbons (Fsp3) is 1.00. The number of ether oxygens (including phenoxy) is 1. The molecule has 0 aromatic carbocycles. The van der Waals surface area contributed by atoms with Gasteiger partial charge >= 0.3 is 0 Å². The van der Waals surface area contributed by atoms with Crippen LogP contribution in [0.25, 0.3) is 0 Å². The highest BCUT2D eigenvalue weighted by molar-refractivity contribution is 4.77. The molecule has 1 N–H and O–H groups in total. The molecule has 0 aliphatic rings. The molecule has 0 aromatic heterocycles. The summed E-state index contributed by atoms with van der Waals surface area (Å²) in [5.74, 6) is 0. The molecule has 0 spiro atoms. The third-order valence-corrected chi connectivity index (χ3v) is 2.61. The maximum absolute atomic E-state index is 9.92. The third kappa shape index (κ3) is 6.05. The molecule has 2 heteroatoms. The minimum absolute atomic E-state index is 0.113. The van der Waals surface area contributed by atoms with E-state index >= 15 is 0 Å². The Balaban J connectivity index is 3.86. The van der Waals surface area contributed by atoms with Crippen LogP contribution in [0.5, 0.6) is 0 Å². The van der Waals surface area contributed by atoms with Crippen molar-refractivity contribution in [2.24, 2.45) is 0 Å². The quantitative estimate of drug-likeness (QED) is 0.694. The van der Waals surface area contributed by atoms with E-state index in [1.165, 1.54) is 0 Å². The molecule has 0 aliphatic heterocycles. The maximum atomic E-state index is 9.92. The zero-order chi connectivity index (χ0) is 10.5. The highest BCUT2D eigenvalue weighted by atomic mass is 16.5. The van der Waals surface area contributed by atoms with E-state index in [9.17, 15) is 5.11 Å². The van der Waals surface area contributed by atoms with Crippen LogP contribution in [0.4, 0.5) is 0 Å². The van der Waals surface area contributed by atoms with Crippen LogP contribution in [0, 0.1) is 0 Å². The number of hydrogen-bond donors (Lipinski definition) is 1. The van der Waals surface area contributed by atoms with Gasteiger partial charge in [-0.15, -0.1) is 0 Å². The Morgan fingerprint density at radius 3 is 2.00 bits per heavy atom. The molecule has 0 radical (unpaired) electrons. The Kier molecular flexibility index (Phi) is 4.93. The largest absolute Gasteiger partial charge is 0.390 e. The van der Waals surface area contributed by atoms with Crippen molar-refractivity contribution >= 4 is 0 Å². The molecule has 0 amide bonds. The molecule has 0 rings (SSSR count). The van der Waals surface area contributed by atoms with Crippen molar-refractivity contribution in [3.8, 4) is 0 Å². The van der Waals surface area contributed by atoms with Crippen molar-refractivity contribution in [1.82, 2.24) is 0 Å². The van der Waals surface area contributed by atoms with E-state index in [0.29, 0.717) is 0 Å². The Morgan fingerprint density at radius 1 is 1.08 bits per heavy atom. The third-order valence-electron chi connectivity index (χ3n) is 2.61. The first-order valence-electron chi connectivity index (χ1n) is 5.10. The Bertz CT molecular complexity index is 139. The predicted octanol–water partition coefficient (Wildman–Crippen LogP) is 2.74. The van der Waals surface area contributed by atoms with Crippen LogP contribution < -0.4 is 0 Å². The molecule has 0 aliphatic carbocycles. The van der Waals surface area contributed by atoms with Crippen LogP contribution in [0.2, 0.25) is 0 Å². The molecule has 13 heavy (non-hydrogen) atoms. The van der Waals surface area contributed by atoms with Crippen molar-refractivity contribution in [2.45, 2.75) is 64.6 Å². The van der Waals surface area contributed by atoms with Crippen LogP contribution in [0.1, 0.15) is 53.4 Å². The lowest BCUT2D eigenvalue weighted by atomic mass is 9.89. The Hall–Kier alpha value is -0.0800. The standard InChI is InChI=1S/C11H24O2/c1-6-7-11(4,12)9-8-10(2,3)13-5/h12H,6-9H2,1-5H3. The van der Waals surface area contributed by atoms with Crippen molar-refractivity contribution < 1.29 is 9.84 Å². The summed E-state index contributed by atoms with van der Waals surface area (Å²) in [6, 6.07) is 0. The molecular weight excluding hydrogens is 164 g/mol. The van der Waals surface area contributed by atoms with E-state index in [0.717, 1.165) is 25.7 Å². The summed E-state index contributed by atoms with van der Waals surface area (Å²) in [5.41, 5.74) is -0.637. The first kappa shape index (κ1) is 12.9. The summed E-state index contributed by atoms with van der Waals surface area (Å²) in [6.45, 7) is 8.10. The number of methoxy groups -OCH3 is 1. The van der Waals surface area contributed by atoms with Gasteiger partial charge in [0.2, 0.25) is 0 Å². The monoisotopic (exact) mass is 188 g/mol. The van der Waals surface area contributed by atoms with Gasteiger partial charge in [-0.05, 0) is 40.0 Å². The van der Waals surface area contributed by atoms with Gasteiger partial charge in [0, 0.05) is 7.11 Å². The second kappa shape index (κ2) is 4.97. The van der Waals surface area contributed by atoms with Gasteiger partial charge in [-0.25, -0.2) is 0 Å². The van der Waals surface area contributed by atoms with Crippen molar-refractivity contribution in [3.05, 3.63) is 0 Å². The summed E-state index contributed by atoms with van der Waals surface area (Å²) in [5, 5.41) is 9.92. The minimum Gasteiger partial charge on any atom is -0.390 e. The summed E-state index contributed by atoms with van der Waals surface area (Å²) < 4.78 is 5.30. The van der Waals surface area contributed by atoms with Gasteiger partial charge in [-0.3, -0.25) is 0 Å². The predicted molar refractivity (Wildman–Crippen MR) is 55.9 cm³/mol. The molecule has 0 heterocycles. The fourth-order valence-corrected chi connectivity index (χ4v) is 1.34. The van der Waals surface area contributed by atoms with Gasteiger partial charge in [0.25, 0.3) is 0 Å². The first-order chi connectivity index (χ1) is 5.83. The molecule has 0 saturated carbocycles. The summed E-state index contributed by atoms with van der Waals surface area (Å²) in [7, 11) is 1.72. The maximum Gasteiger partial charge on any atom is 0.0623 e. The molecule has 1 atom stereocenters. The van der Waals surface area contributed by atoms with E-state index in [4.69, 9.17) is 4.74 Å². The van der Waals surface area contributed by atoms with E-state index in [1.807, 2.05) is 6.92 Å². The van der Waals surface area contributed by atoms with E-state index in [-0.39, 0.29) is 5.60 Å². The molecular formula is C11H24O2. The van der Waals surface area contributed by atoms with E-state index in [2.05, 4.69) is 20.8 Å². The van der Waals surface area contributed by atoms with Gasteiger partial charge < -0.3 is 9.84 Å². The van der Waals surface area contributed by atoms with Crippen LogP contribution in [-0.2, 0) is 4.74 Å². The van der Waals surface area contributed by atoms with Crippen molar-refractivity contribution in [2.75, 3.05) is 7.11 Å². The van der Waals surface area contributed by atoms with E-state index < -0.39 is 5.60 Å². The summed E-state index contributed by atoms with van der Waals surface area (Å²) in [4.78, 5) is 0. The van der Waals surface area contributed by atoms with Gasteiger partial charge in [0.05, 0.1) is 11.2 Å². The Morgan fingerprint density at radius 2 is 1.62 bits per heavy atom. The van der Waals surface area contributed by atoms with Gasteiger partial charge in [0.15, 0.2) is 0 Å². The molecule has 1 unspecified atom stereocenters. The molecule has 80 valence electrons. The summed E-state index contributed by atoms with van der Waals surface area (Å²) >= 11 is 0. The molecule has 0 saturated heterocycles. The Labute approximate surface area is 82.3 Å². The molecule has 0 aromatic rings.